The van der Waals surface area contributed by atoms with Crippen molar-refractivity contribution < 1.29 is 39.3 Å². The zero-order chi connectivity index (χ0) is 33.2. The van der Waals surface area contributed by atoms with Crippen molar-refractivity contribution in [1.82, 2.24) is 19.9 Å². The maximum atomic E-state index is 10.6. The van der Waals surface area contributed by atoms with E-state index in [1.54, 1.807) is 36.4 Å². The zero-order valence-electron chi connectivity index (χ0n) is 23.9. The van der Waals surface area contributed by atoms with Crippen LogP contribution in [0.2, 0.25) is 5.15 Å². The molecule has 236 valence electrons. The largest absolute Gasteiger partial charge is 0.508 e. The molecule has 2 aromatic heterocycles. The first-order valence-electron chi connectivity index (χ1n) is 12.5. The Hall–Kier alpha value is -6.03. The van der Waals surface area contributed by atoms with Crippen LogP contribution in [-0.2, 0) is 32.1 Å². The van der Waals surface area contributed by atoms with Gasteiger partial charge < -0.3 is 41.2 Å². The molecule has 0 aliphatic heterocycles. The zero-order valence-corrected chi connectivity index (χ0v) is 24.7. The number of nitrogens with two attached hydrogens (primary N) is 2. The summed E-state index contributed by atoms with van der Waals surface area (Å²) >= 11 is 5.69. The molecule has 0 atom stereocenters. The number of carbonyl (C=O) groups is 2. The number of oxime groups is 2. The summed E-state index contributed by atoms with van der Waals surface area (Å²) < 4.78 is 5.62. The molecule has 0 saturated carbocycles. The molecule has 4 rings (SSSR count). The lowest BCUT2D eigenvalue weighted by atomic mass is 10.1. The number of ether oxygens (including phenoxy) is 1. The number of aromatic hydroxyl groups is 1. The number of halogens is 1. The van der Waals surface area contributed by atoms with Gasteiger partial charge in [-0.05, 0) is 35.4 Å². The summed E-state index contributed by atoms with van der Waals surface area (Å²) in [6, 6.07) is 12.7. The maximum Gasteiger partial charge on any atom is 0.307 e. The van der Waals surface area contributed by atoms with Crippen molar-refractivity contribution in [2.45, 2.75) is 12.8 Å². The predicted octanol–water partition coefficient (Wildman–Crippen LogP) is 3.17. The number of carboxylic acids is 2. The Morgan fingerprint density at radius 3 is 1.73 bits per heavy atom. The van der Waals surface area contributed by atoms with E-state index in [1.807, 2.05) is 0 Å². The minimum absolute atomic E-state index is 0.000278. The summed E-state index contributed by atoms with van der Waals surface area (Å²) in [5, 5.41) is 33.3. The SMILES string of the molecule is CO/N=C/c1c(N)ncnc1Cl.CO/N=C/c1c(N)ncnc1Oc1ccc(CC(=O)O)cc1.O=C(O)Cc1ccc(O)cc1. The standard InChI is InChI=1S/C14H14N4O4.C8H8O3.C6H7ClN4O/c1-21-18-7-11-13(15)16-8-17-14(11)22-10-4-2-9(3-5-10)6-12(19)20;9-7-3-1-6(2-4-7)5-8(10)11;1-12-11-2-4-5(7)9-3-10-6(4)8/h2-5,7-8H,6H2,1H3,(H,19,20)(H2,15,16,17);1-4,9H,5H2,(H,10,11);2-3H,1H3,(H2,8,9,10)/b18-7+;;11-2+. The van der Waals surface area contributed by atoms with Gasteiger partial charge in [0.25, 0.3) is 0 Å². The van der Waals surface area contributed by atoms with Crippen LogP contribution in [0.15, 0.2) is 71.5 Å². The molecule has 0 unspecified atom stereocenters. The van der Waals surface area contributed by atoms with Crippen LogP contribution in [0.4, 0.5) is 11.6 Å². The van der Waals surface area contributed by atoms with E-state index < -0.39 is 11.9 Å². The average molecular weight is 641 g/mol. The van der Waals surface area contributed by atoms with Gasteiger partial charge in [-0.3, -0.25) is 9.59 Å². The quantitative estimate of drug-likeness (QED) is 0.0948. The van der Waals surface area contributed by atoms with Crippen molar-refractivity contribution in [3.63, 3.8) is 0 Å². The fourth-order valence-electron chi connectivity index (χ4n) is 3.06. The van der Waals surface area contributed by atoms with E-state index in [0.29, 0.717) is 28.0 Å². The molecule has 0 saturated heterocycles. The van der Waals surface area contributed by atoms with Gasteiger partial charge >= 0.3 is 11.9 Å². The third-order valence-electron chi connectivity index (χ3n) is 5.10. The lowest BCUT2D eigenvalue weighted by Gasteiger charge is -2.08. The van der Waals surface area contributed by atoms with Crippen molar-refractivity contribution >= 4 is 47.6 Å². The molecule has 16 nitrogen and oxygen atoms in total. The number of aromatic nitrogens is 4. The molecule has 7 N–H and O–H groups in total. The van der Waals surface area contributed by atoms with Crippen LogP contribution < -0.4 is 16.2 Å². The molecule has 17 heteroatoms. The predicted molar refractivity (Wildman–Crippen MR) is 164 cm³/mol. The summed E-state index contributed by atoms with van der Waals surface area (Å²) in [6.45, 7) is 0. The number of hydrogen-bond donors (Lipinski definition) is 5. The molecular weight excluding hydrogens is 612 g/mol. The first-order chi connectivity index (χ1) is 21.5. The highest BCUT2D eigenvalue weighted by Gasteiger charge is 2.10. The molecule has 0 spiro atoms. The van der Waals surface area contributed by atoms with Gasteiger partial charge in [0.2, 0.25) is 5.88 Å². The number of aliphatic carboxylic acids is 2. The van der Waals surface area contributed by atoms with Crippen LogP contribution in [0.25, 0.3) is 0 Å². The number of phenolic OH excluding ortho intramolecular Hbond substituents is 1. The van der Waals surface area contributed by atoms with Gasteiger partial charge in [-0.25, -0.2) is 19.9 Å². The number of benzene rings is 2. The highest BCUT2D eigenvalue weighted by molar-refractivity contribution is 6.32. The minimum atomic E-state index is -0.893. The van der Waals surface area contributed by atoms with Gasteiger partial charge in [0.1, 0.15) is 60.7 Å². The number of phenols is 1. The Bertz CT molecular complexity index is 1580. The second kappa shape index (κ2) is 18.5. The third kappa shape index (κ3) is 12.8. The molecule has 0 aliphatic carbocycles. The average Bonchev–Trinajstić information content (AvgIpc) is 2.99. The summed E-state index contributed by atoms with van der Waals surface area (Å²) in [7, 11) is 2.82. The third-order valence-corrected chi connectivity index (χ3v) is 5.40. The number of rotatable bonds is 10. The van der Waals surface area contributed by atoms with Gasteiger partial charge in [0.05, 0.1) is 30.8 Å². The molecule has 0 radical (unpaired) electrons. The molecule has 4 aromatic rings. The molecule has 2 heterocycles. The maximum absolute atomic E-state index is 10.6. The van der Waals surface area contributed by atoms with Crippen molar-refractivity contribution in [3.05, 3.63) is 88.6 Å². The molecule has 0 fully saturated rings. The van der Waals surface area contributed by atoms with Crippen molar-refractivity contribution in [3.8, 4) is 17.4 Å². The van der Waals surface area contributed by atoms with Gasteiger partial charge in [0.15, 0.2) is 0 Å². The first kappa shape index (κ1) is 35.2. The smallest absolute Gasteiger partial charge is 0.307 e. The van der Waals surface area contributed by atoms with E-state index in [-0.39, 0.29) is 41.3 Å². The number of hydrogen-bond acceptors (Lipinski definition) is 14. The minimum Gasteiger partial charge on any atom is -0.508 e. The van der Waals surface area contributed by atoms with E-state index in [9.17, 15) is 9.59 Å². The van der Waals surface area contributed by atoms with Gasteiger partial charge in [-0.15, -0.1) is 0 Å². The first-order valence-corrected chi connectivity index (χ1v) is 12.9. The molecule has 45 heavy (non-hydrogen) atoms. The van der Waals surface area contributed by atoms with Crippen molar-refractivity contribution in [2.75, 3.05) is 25.7 Å². The Balaban J connectivity index is 0.000000259. The lowest BCUT2D eigenvalue weighted by molar-refractivity contribution is -0.137. The fourth-order valence-corrected chi connectivity index (χ4v) is 3.25. The van der Waals surface area contributed by atoms with Crippen LogP contribution in [0, 0.1) is 0 Å². The molecular formula is C28H29ClN8O8. The van der Waals surface area contributed by atoms with Crippen molar-refractivity contribution in [2.24, 2.45) is 10.3 Å². The Morgan fingerprint density at radius 1 is 0.778 bits per heavy atom. The summed E-state index contributed by atoms with van der Waals surface area (Å²) in [5.41, 5.74) is 13.4. The second-order valence-corrected chi connectivity index (χ2v) is 8.69. The highest BCUT2D eigenvalue weighted by Crippen LogP contribution is 2.25. The number of nitrogens with zero attached hydrogens (tertiary/aromatic N) is 6. The van der Waals surface area contributed by atoms with Gasteiger partial charge in [-0.2, -0.15) is 0 Å². The Labute approximate surface area is 261 Å². The van der Waals surface area contributed by atoms with Crippen LogP contribution >= 0.6 is 11.6 Å². The summed E-state index contributed by atoms with van der Waals surface area (Å²) in [6.07, 6.45) is 5.21. The van der Waals surface area contributed by atoms with Crippen LogP contribution in [0.3, 0.4) is 0 Å². The summed E-state index contributed by atoms with van der Waals surface area (Å²) in [5.74, 6) is -0.423. The Kier molecular flexibility index (Phi) is 14.5. The van der Waals surface area contributed by atoms with Crippen LogP contribution in [0.5, 0.6) is 17.4 Å². The molecule has 2 aromatic carbocycles. The van der Waals surface area contributed by atoms with Gasteiger partial charge in [0, 0.05) is 0 Å². The van der Waals surface area contributed by atoms with E-state index in [4.69, 9.17) is 43.1 Å². The molecule has 0 aliphatic rings. The number of anilines is 2. The number of carboxylic acid groups (broad SMARTS) is 2. The van der Waals surface area contributed by atoms with E-state index >= 15 is 0 Å². The Morgan fingerprint density at radius 2 is 1.24 bits per heavy atom. The van der Waals surface area contributed by atoms with E-state index in [0.717, 1.165) is 0 Å². The highest BCUT2D eigenvalue weighted by atomic mass is 35.5. The monoisotopic (exact) mass is 640 g/mol. The van der Waals surface area contributed by atoms with Crippen LogP contribution in [0.1, 0.15) is 22.3 Å². The van der Waals surface area contributed by atoms with E-state index in [2.05, 4.69) is 39.9 Å². The summed E-state index contributed by atoms with van der Waals surface area (Å²) in [4.78, 5) is 45.2. The number of nitrogen functional groups attached to an aromatic ring is 2. The van der Waals surface area contributed by atoms with Crippen molar-refractivity contribution in [1.29, 1.82) is 0 Å². The normalized spacial score (nSPS) is 10.3. The molecule has 0 amide bonds. The second-order valence-electron chi connectivity index (χ2n) is 8.33. The molecule has 0 bridgehead atoms. The topological polar surface area (TPSA) is 251 Å². The fraction of sp³-hybridized carbons (Fsp3) is 0.143. The van der Waals surface area contributed by atoms with Gasteiger partial charge in [-0.1, -0.05) is 46.2 Å². The van der Waals surface area contributed by atoms with Crippen LogP contribution in [-0.4, -0.2) is 73.8 Å². The van der Waals surface area contributed by atoms with E-state index in [1.165, 1.54) is 51.4 Å². The lowest BCUT2D eigenvalue weighted by Crippen LogP contribution is -2.03.